The van der Waals surface area contributed by atoms with Crippen LogP contribution in [0.3, 0.4) is 0 Å². The third-order valence-corrected chi connectivity index (χ3v) is 6.83. The lowest BCUT2D eigenvalue weighted by Gasteiger charge is -2.25. The highest BCUT2D eigenvalue weighted by Crippen LogP contribution is 2.44. The third-order valence-electron chi connectivity index (χ3n) is 4.15. The van der Waals surface area contributed by atoms with E-state index in [9.17, 15) is 0 Å². The summed E-state index contributed by atoms with van der Waals surface area (Å²) in [6, 6.07) is 32.1. The van der Waals surface area contributed by atoms with E-state index in [4.69, 9.17) is 0 Å². The molecule has 0 amide bonds. The minimum Gasteiger partial charge on any atom is -0.114 e. The smallest absolute Gasteiger partial charge is 0.0535 e. The maximum atomic E-state index is 2.45. The van der Waals surface area contributed by atoms with Gasteiger partial charge in [-0.15, -0.1) is 11.8 Å². The second-order valence-electron chi connectivity index (χ2n) is 7.46. The highest BCUT2D eigenvalue weighted by atomic mass is 32.2. The van der Waals surface area contributed by atoms with Crippen molar-refractivity contribution in [1.29, 1.82) is 0 Å². The fraction of sp³-hybridized carbons (Fsp3) is 0.200. The summed E-state index contributed by atoms with van der Waals surface area (Å²) >= 11 is 3.78. The van der Waals surface area contributed by atoms with Crippen LogP contribution in [0.25, 0.3) is 0 Å². The molecule has 1 atom stereocenters. The van der Waals surface area contributed by atoms with Gasteiger partial charge < -0.3 is 0 Å². The molecule has 0 aliphatic rings. The van der Waals surface area contributed by atoms with Crippen molar-refractivity contribution in [3.8, 4) is 0 Å². The van der Waals surface area contributed by atoms with Gasteiger partial charge in [-0.2, -0.15) is 0 Å². The molecular weight excluding hydrogens is 364 g/mol. The standard InChI is InChI=1S/C25H26S2/c1-25(2,3)24(27-22-17-11-6-12-18-22)19-23(20-13-7-4-8-14-20)26-21-15-9-5-10-16-21/h4-19,23H,1-3H3/b24-19+. The highest BCUT2D eigenvalue weighted by Gasteiger charge is 2.21. The van der Waals surface area contributed by atoms with Crippen LogP contribution in [-0.2, 0) is 0 Å². The molecule has 3 rings (SSSR count). The molecule has 0 saturated carbocycles. The van der Waals surface area contributed by atoms with Gasteiger partial charge in [0.1, 0.15) is 0 Å². The van der Waals surface area contributed by atoms with Crippen molar-refractivity contribution in [3.05, 3.63) is 108 Å². The van der Waals surface area contributed by atoms with Gasteiger partial charge in [-0.3, -0.25) is 0 Å². The largest absolute Gasteiger partial charge is 0.114 e. The minimum absolute atomic E-state index is 0.0881. The first-order chi connectivity index (χ1) is 13.0. The van der Waals surface area contributed by atoms with Gasteiger partial charge in [0.15, 0.2) is 0 Å². The van der Waals surface area contributed by atoms with Crippen molar-refractivity contribution in [2.24, 2.45) is 5.41 Å². The Labute approximate surface area is 172 Å². The molecule has 0 N–H and O–H groups in total. The zero-order chi connectivity index (χ0) is 19.1. The van der Waals surface area contributed by atoms with Crippen LogP contribution in [0.1, 0.15) is 31.6 Å². The summed E-state index contributed by atoms with van der Waals surface area (Å²) in [4.78, 5) is 3.97. The lowest BCUT2D eigenvalue weighted by molar-refractivity contribution is 0.531. The molecule has 2 heteroatoms. The molecule has 138 valence electrons. The summed E-state index contributed by atoms with van der Waals surface area (Å²) in [5.74, 6) is 0. The second kappa shape index (κ2) is 9.34. The Hall–Kier alpha value is -1.90. The van der Waals surface area contributed by atoms with E-state index in [0.29, 0.717) is 0 Å². The van der Waals surface area contributed by atoms with Gasteiger partial charge in [0.2, 0.25) is 0 Å². The average Bonchev–Trinajstić information content (AvgIpc) is 2.68. The number of allylic oxidation sites excluding steroid dienone is 1. The van der Waals surface area contributed by atoms with Gasteiger partial charge in [-0.05, 0) is 40.1 Å². The predicted molar refractivity (Wildman–Crippen MR) is 121 cm³/mol. The zero-order valence-electron chi connectivity index (χ0n) is 16.1. The van der Waals surface area contributed by atoms with Gasteiger partial charge in [0, 0.05) is 9.79 Å². The van der Waals surface area contributed by atoms with Crippen LogP contribution in [0, 0.1) is 5.41 Å². The Kier molecular flexibility index (Phi) is 6.87. The molecule has 0 bridgehead atoms. The molecule has 0 aliphatic carbocycles. The van der Waals surface area contributed by atoms with E-state index >= 15 is 0 Å². The van der Waals surface area contributed by atoms with Crippen LogP contribution in [0.15, 0.2) is 112 Å². The molecule has 0 aliphatic heterocycles. The van der Waals surface area contributed by atoms with E-state index in [0.717, 1.165) is 0 Å². The van der Waals surface area contributed by atoms with Gasteiger partial charge in [0.05, 0.1) is 5.25 Å². The van der Waals surface area contributed by atoms with E-state index in [2.05, 4.69) is 118 Å². The quantitative estimate of drug-likeness (QED) is 0.389. The van der Waals surface area contributed by atoms with Crippen LogP contribution in [0.4, 0.5) is 0 Å². The van der Waals surface area contributed by atoms with Crippen LogP contribution >= 0.6 is 23.5 Å². The Morgan fingerprint density at radius 1 is 0.704 bits per heavy atom. The summed E-state index contributed by atoms with van der Waals surface area (Å²) in [5.41, 5.74) is 1.42. The lowest BCUT2D eigenvalue weighted by atomic mass is 9.94. The van der Waals surface area contributed by atoms with E-state index in [1.54, 1.807) is 0 Å². The van der Waals surface area contributed by atoms with E-state index in [1.807, 2.05) is 23.5 Å². The summed E-state index contributed by atoms with van der Waals surface area (Å²) < 4.78 is 0. The number of rotatable bonds is 6. The van der Waals surface area contributed by atoms with Crippen LogP contribution < -0.4 is 0 Å². The summed E-state index contributed by atoms with van der Waals surface area (Å²) in [6.07, 6.45) is 2.45. The van der Waals surface area contributed by atoms with Crippen LogP contribution in [-0.4, -0.2) is 0 Å². The molecule has 0 saturated heterocycles. The maximum Gasteiger partial charge on any atom is 0.0535 e. The second-order valence-corrected chi connectivity index (χ2v) is 9.79. The Balaban J connectivity index is 1.97. The minimum atomic E-state index is 0.0881. The van der Waals surface area contributed by atoms with Gasteiger partial charge >= 0.3 is 0 Å². The molecule has 27 heavy (non-hydrogen) atoms. The molecule has 0 heterocycles. The third kappa shape index (κ3) is 6.05. The Bertz CT molecular complexity index is 847. The van der Waals surface area contributed by atoms with Crippen molar-refractivity contribution < 1.29 is 0 Å². The molecule has 0 radical (unpaired) electrons. The van der Waals surface area contributed by atoms with Gasteiger partial charge in [0.25, 0.3) is 0 Å². The van der Waals surface area contributed by atoms with Crippen molar-refractivity contribution in [2.45, 2.75) is 35.8 Å². The van der Waals surface area contributed by atoms with Crippen molar-refractivity contribution in [1.82, 2.24) is 0 Å². The first-order valence-corrected chi connectivity index (χ1v) is 10.9. The molecule has 0 fully saturated rings. The molecule has 0 spiro atoms. The summed E-state index contributed by atoms with van der Waals surface area (Å²) in [6.45, 7) is 6.89. The van der Waals surface area contributed by atoms with E-state index < -0.39 is 0 Å². The SMILES string of the molecule is CC(C)(C)/C(=C\C(Sc1ccccc1)c1ccccc1)Sc1ccccc1. The van der Waals surface area contributed by atoms with Crippen molar-refractivity contribution in [3.63, 3.8) is 0 Å². The normalized spacial score (nSPS) is 13.4. The zero-order valence-corrected chi connectivity index (χ0v) is 17.8. The number of hydrogen-bond donors (Lipinski definition) is 0. The summed E-state index contributed by atoms with van der Waals surface area (Å²) in [5, 5.41) is 0.277. The van der Waals surface area contributed by atoms with Crippen LogP contribution in [0.2, 0.25) is 0 Å². The predicted octanol–water partition coefficient (Wildman–Crippen LogP) is 8.24. The average molecular weight is 391 g/mol. The monoisotopic (exact) mass is 390 g/mol. The highest BCUT2D eigenvalue weighted by molar-refractivity contribution is 8.03. The summed E-state index contributed by atoms with van der Waals surface area (Å²) in [7, 11) is 0. The molecule has 0 aromatic heterocycles. The van der Waals surface area contributed by atoms with Gasteiger partial charge in [-0.1, -0.05) is 105 Å². The Morgan fingerprint density at radius 2 is 1.19 bits per heavy atom. The molecule has 0 nitrogen and oxygen atoms in total. The van der Waals surface area contributed by atoms with E-state index in [1.165, 1.54) is 20.3 Å². The maximum absolute atomic E-state index is 2.45. The van der Waals surface area contributed by atoms with E-state index in [-0.39, 0.29) is 10.7 Å². The fourth-order valence-electron chi connectivity index (χ4n) is 2.68. The number of thioether (sulfide) groups is 2. The molecule has 1 unspecified atom stereocenters. The Morgan fingerprint density at radius 3 is 1.70 bits per heavy atom. The van der Waals surface area contributed by atoms with Crippen molar-refractivity contribution >= 4 is 23.5 Å². The fourth-order valence-corrected chi connectivity index (χ4v) is 4.93. The van der Waals surface area contributed by atoms with Crippen molar-refractivity contribution in [2.75, 3.05) is 0 Å². The molecule has 3 aromatic carbocycles. The lowest BCUT2D eigenvalue weighted by Crippen LogP contribution is -2.08. The van der Waals surface area contributed by atoms with Gasteiger partial charge in [-0.25, -0.2) is 0 Å². The number of hydrogen-bond acceptors (Lipinski definition) is 2. The first kappa shape index (κ1) is 19.9. The number of benzene rings is 3. The first-order valence-electron chi connectivity index (χ1n) is 9.24. The van der Waals surface area contributed by atoms with Crippen LogP contribution in [0.5, 0.6) is 0 Å². The molecule has 3 aromatic rings. The topological polar surface area (TPSA) is 0 Å². The molecular formula is C25H26S2.